The molecule has 0 bridgehead atoms. The fourth-order valence-electron chi connectivity index (χ4n) is 0.734. The molecular weight excluding hydrogens is 158 g/mol. The van der Waals surface area contributed by atoms with Gasteiger partial charge in [0, 0.05) is 6.54 Å². The Kier molecular flexibility index (Phi) is 3.25. The average molecular weight is 169 g/mol. The van der Waals surface area contributed by atoms with E-state index in [1.807, 2.05) is 0 Å². The zero-order valence-electron chi connectivity index (χ0n) is 6.91. The van der Waals surface area contributed by atoms with Gasteiger partial charge in [0.15, 0.2) is 5.69 Å². The van der Waals surface area contributed by atoms with E-state index in [4.69, 9.17) is 0 Å². The lowest BCUT2D eigenvalue weighted by atomic mass is 10.3. The lowest BCUT2D eigenvalue weighted by molar-refractivity contribution is 0.0943. The van der Waals surface area contributed by atoms with Crippen molar-refractivity contribution in [1.82, 2.24) is 15.6 Å². The normalized spacial score (nSPS) is 9.75. The first-order valence-electron chi connectivity index (χ1n) is 3.90. The molecule has 1 aromatic rings. The summed E-state index contributed by atoms with van der Waals surface area (Å²) in [7, 11) is 0. The molecule has 0 radical (unpaired) electrons. The van der Waals surface area contributed by atoms with Crippen molar-refractivity contribution in [2.24, 2.45) is 0 Å². The largest absolute Gasteiger partial charge is 0.351 e. The Balaban J connectivity index is 2.30. The van der Waals surface area contributed by atoms with E-state index in [0.717, 1.165) is 12.8 Å². The van der Waals surface area contributed by atoms with E-state index < -0.39 is 0 Å². The van der Waals surface area contributed by atoms with Gasteiger partial charge < -0.3 is 5.32 Å². The zero-order valence-corrected chi connectivity index (χ0v) is 6.91. The predicted molar refractivity (Wildman–Crippen MR) is 41.5 cm³/mol. The summed E-state index contributed by atoms with van der Waals surface area (Å²) in [5.74, 6) is -0.232. The van der Waals surface area contributed by atoms with Crippen LogP contribution in [0.5, 0.6) is 0 Å². The van der Waals surface area contributed by atoms with Crippen LogP contribution in [-0.4, -0.2) is 22.8 Å². The molecule has 1 N–H and O–H groups in total. The summed E-state index contributed by atoms with van der Waals surface area (Å²) in [6.07, 6.45) is 3.32. The SMILES string of the molecule is CCCCNC(=O)c1cnon1. The molecule has 0 aliphatic heterocycles. The summed E-state index contributed by atoms with van der Waals surface area (Å²) in [5.41, 5.74) is 0.228. The van der Waals surface area contributed by atoms with Crippen molar-refractivity contribution in [1.29, 1.82) is 0 Å². The second-order valence-electron chi connectivity index (χ2n) is 2.40. The van der Waals surface area contributed by atoms with Crippen molar-refractivity contribution in [3.8, 4) is 0 Å². The highest BCUT2D eigenvalue weighted by Gasteiger charge is 2.07. The molecular formula is C7H11N3O2. The van der Waals surface area contributed by atoms with Gasteiger partial charge in [-0.1, -0.05) is 18.5 Å². The van der Waals surface area contributed by atoms with Crippen LogP contribution in [0.3, 0.4) is 0 Å². The third-order valence-corrected chi connectivity index (χ3v) is 1.41. The van der Waals surface area contributed by atoms with E-state index in [2.05, 4.69) is 27.2 Å². The monoisotopic (exact) mass is 169 g/mol. The highest BCUT2D eigenvalue weighted by Crippen LogP contribution is 1.90. The third kappa shape index (κ3) is 2.34. The van der Waals surface area contributed by atoms with Crippen molar-refractivity contribution in [2.75, 3.05) is 6.54 Å². The van der Waals surface area contributed by atoms with Crippen molar-refractivity contribution >= 4 is 5.91 Å². The molecule has 5 heteroatoms. The highest BCUT2D eigenvalue weighted by atomic mass is 16.6. The van der Waals surface area contributed by atoms with Crippen LogP contribution in [-0.2, 0) is 0 Å². The molecule has 0 spiro atoms. The van der Waals surface area contributed by atoms with Gasteiger partial charge in [-0.25, -0.2) is 4.63 Å². The number of carbonyl (C=O) groups excluding carboxylic acids is 1. The summed E-state index contributed by atoms with van der Waals surface area (Å²) < 4.78 is 4.28. The molecule has 1 amide bonds. The molecule has 0 unspecified atom stereocenters. The van der Waals surface area contributed by atoms with E-state index in [9.17, 15) is 4.79 Å². The molecule has 1 heterocycles. The lowest BCUT2D eigenvalue weighted by Crippen LogP contribution is -2.24. The number of carbonyl (C=O) groups is 1. The maximum absolute atomic E-state index is 11.1. The molecule has 0 fully saturated rings. The molecule has 1 rings (SSSR count). The Bertz CT molecular complexity index is 233. The van der Waals surface area contributed by atoms with Crippen molar-refractivity contribution in [3.05, 3.63) is 11.9 Å². The summed E-state index contributed by atoms with van der Waals surface area (Å²) in [5, 5.41) is 9.41. The molecule has 0 aromatic carbocycles. The average Bonchev–Trinajstić information content (AvgIpc) is 2.56. The number of rotatable bonds is 4. The summed E-state index contributed by atoms with van der Waals surface area (Å²) in [4.78, 5) is 11.1. The molecule has 0 saturated carbocycles. The molecule has 1 aromatic heterocycles. The van der Waals surface area contributed by atoms with Gasteiger partial charge in [0.2, 0.25) is 0 Å². The zero-order chi connectivity index (χ0) is 8.81. The first-order chi connectivity index (χ1) is 5.84. The molecule has 12 heavy (non-hydrogen) atoms. The maximum atomic E-state index is 11.1. The predicted octanol–water partition coefficient (Wildman–Crippen LogP) is 0.599. The number of nitrogens with one attached hydrogen (secondary N) is 1. The Labute approximate surface area is 70.1 Å². The van der Waals surface area contributed by atoms with Gasteiger partial charge in [0.25, 0.3) is 5.91 Å². The summed E-state index contributed by atoms with van der Waals surface area (Å²) in [6.45, 7) is 2.73. The molecule has 0 aliphatic rings. The van der Waals surface area contributed by atoms with Gasteiger partial charge >= 0.3 is 0 Å². The first-order valence-corrected chi connectivity index (χ1v) is 3.90. The van der Waals surface area contributed by atoms with Crippen LogP contribution in [0.2, 0.25) is 0 Å². The van der Waals surface area contributed by atoms with E-state index in [1.165, 1.54) is 6.20 Å². The van der Waals surface area contributed by atoms with Gasteiger partial charge in [0.1, 0.15) is 6.20 Å². The van der Waals surface area contributed by atoms with Gasteiger partial charge in [-0.05, 0) is 11.6 Å². The molecule has 0 aliphatic carbocycles. The number of hydrogen-bond acceptors (Lipinski definition) is 4. The molecule has 5 nitrogen and oxygen atoms in total. The van der Waals surface area contributed by atoms with Gasteiger partial charge in [0.05, 0.1) is 0 Å². The van der Waals surface area contributed by atoms with Crippen LogP contribution >= 0.6 is 0 Å². The third-order valence-electron chi connectivity index (χ3n) is 1.41. The topological polar surface area (TPSA) is 68.0 Å². The van der Waals surface area contributed by atoms with Gasteiger partial charge in [-0.15, -0.1) is 0 Å². The van der Waals surface area contributed by atoms with Crippen molar-refractivity contribution < 1.29 is 9.42 Å². The summed E-state index contributed by atoms with van der Waals surface area (Å²) in [6, 6.07) is 0. The van der Waals surface area contributed by atoms with Crippen LogP contribution in [0, 0.1) is 0 Å². The van der Waals surface area contributed by atoms with Crippen LogP contribution in [0.1, 0.15) is 30.3 Å². The number of amides is 1. The Morgan fingerprint density at radius 3 is 3.17 bits per heavy atom. The van der Waals surface area contributed by atoms with E-state index in [-0.39, 0.29) is 11.6 Å². The number of aromatic nitrogens is 2. The van der Waals surface area contributed by atoms with Gasteiger partial charge in [-0.2, -0.15) is 0 Å². The standard InChI is InChI=1S/C7H11N3O2/c1-2-3-4-8-7(11)6-5-9-12-10-6/h5H,2-4H2,1H3,(H,8,11). The molecule has 0 saturated heterocycles. The van der Waals surface area contributed by atoms with Crippen molar-refractivity contribution in [3.63, 3.8) is 0 Å². The van der Waals surface area contributed by atoms with E-state index >= 15 is 0 Å². The smallest absolute Gasteiger partial charge is 0.275 e. The second-order valence-corrected chi connectivity index (χ2v) is 2.40. The fraction of sp³-hybridized carbons (Fsp3) is 0.571. The number of hydrogen-bond donors (Lipinski definition) is 1. The Hall–Kier alpha value is -1.39. The number of unbranched alkanes of at least 4 members (excludes halogenated alkanes) is 1. The van der Waals surface area contributed by atoms with Crippen LogP contribution in [0.15, 0.2) is 10.8 Å². The minimum absolute atomic E-state index is 0.228. The van der Waals surface area contributed by atoms with Crippen LogP contribution < -0.4 is 5.32 Å². The Morgan fingerprint density at radius 1 is 1.75 bits per heavy atom. The van der Waals surface area contributed by atoms with Crippen molar-refractivity contribution in [2.45, 2.75) is 19.8 Å². The summed E-state index contributed by atoms with van der Waals surface area (Å²) >= 11 is 0. The highest BCUT2D eigenvalue weighted by molar-refractivity contribution is 5.91. The minimum atomic E-state index is -0.232. The van der Waals surface area contributed by atoms with Crippen LogP contribution in [0.4, 0.5) is 0 Å². The lowest BCUT2D eigenvalue weighted by Gasteiger charge is -1.98. The maximum Gasteiger partial charge on any atom is 0.275 e. The quantitative estimate of drug-likeness (QED) is 0.670. The van der Waals surface area contributed by atoms with E-state index in [0.29, 0.717) is 6.54 Å². The molecule has 66 valence electrons. The fourth-order valence-corrected chi connectivity index (χ4v) is 0.734. The minimum Gasteiger partial charge on any atom is -0.351 e. The number of nitrogens with zero attached hydrogens (tertiary/aromatic N) is 2. The van der Waals surface area contributed by atoms with Gasteiger partial charge in [-0.3, -0.25) is 4.79 Å². The Morgan fingerprint density at radius 2 is 2.58 bits per heavy atom. The first kappa shape index (κ1) is 8.70. The second kappa shape index (κ2) is 4.48. The molecule has 0 atom stereocenters. The van der Waals surface area contributed by atoms with Crippen LogP contribution in [0.25, 0.3) is 0 Å². The van der Waals surface area contributed by atoms with E-state index in [1.54, 1.807) is 0 Å².